The average molecular weight is 263 g/mol. The first-order valence-corrected chi connectivity index (χ1v) is 5.16. The third-order valence-corrected chi connectivity index (χ3v) is 2.38. The number of carbonyl (C=O) groups excluding carboxylic acids is 2. The van der Waals surface area contributed by atoms with E-state index < -0.39 is 11.3 Å². The van der Waals surface area contributed by atoms with E-state index in [1.807, 2.05) is 0 Å². The van der Waals surface area contributed by atoms with Gasteiger partial charge in [0, 0.05) is 0 Å². The third-order valence-electron chi connectivity index (χ3n) is 2.38. The van der Waals surface area contributed by atoms with Crippen LogP contribution in [-0.2, 0) is 9.59 Å². The Morgan fingerprint density at radius 3 is 2.84 bits per heavy atom. The molecule has 0 saturated heterocycles. The van der Waals surface area contributed by atoms with E-state index in [0.717, 1.165) is 0 Å². The lowest BCUT2D eigenvalue weighted by molar-refractivity contribution is -0.127. The van der Waals surface area contributed by atoms with Gasteiger partial charge in [-0.25, -0.2) is 0 Å². The molecule has 98 valence electrons. The monoisotopic (exact) mass is 263 g/mol. The highest BCUT2D eigenvalue weighted by atomic mass is 16.5. The van der Waals surface area contributed by atoms with Crippen LogP contribution in [0.15, 0.2) is 27.4 Å². The van der Waals surface area contributed by atoms with Gasteiger partial charge in [-0.05, 0) is 18.2 Å². The lowest BCUT2D eigenvalue weighted by atomic mass is 10.2. The maximum Gasteiger partial charge on any atom is 0.290 e. The Morgan fingerprint density at radius 2 is 2.21 bits per heavy atom. The summed E-state index contributed by atoms with van der Waals surface area (Å²) in [5.74, 6) is -1.60. The number of aromatic hydroxyl groups is 1. The van der Waals surface area contributed by atoms with Gasteiger partial charge in [-0.1, -0.05) is 0 Å². The maximum atomic E-state index is 12.1. The lowest BCUT2D eigenvalue weighted by Crippen LogP contribution is -2.16. The number of phenolic OH excluding ortho intramolecular Hbond substituents is 1. The standard InChI is InChI=1S/C12H9NO6/c1-18-11-10(17)7-4-6(15)2-3-8(7)19-12(11)13-9(16)5-14/h2-5,15H,1H3,(H,13,16). The Labute approximate surface area is 106 Å². The van der Waals surface area contributed by atoms with E-state index >= 15 is 0 Å². The molecule has 1 amide bonds. The van der Waals surface area contributed by atoms with E-state index in [9.17, 15) is 19.5 Å². The molecular weight excluding hydrogens is 254 g/mol. The molecule has 2 aromatic rings. The number of benzene rings is 1. The van der Waals surface area contributed by atoms with Gasteiger partial charge in [0.25, 0.3) is 5.91 Å². The molecule has 0 aliphatic carbocycles. The van der Waals surface area contributed by atoms with Gasteiger partial charge >= 0.3 is 0 Å². The van der Waals surface area contributed by atoms with E-state index in [4.69, 9.17) is 9.15 Å². The molecule has 0 unspecified atom stereocenters. The van der Waals surface area contributed by atoms with Gasteiger partial charge in [0.1, 0.15) is 11.3 Å². The Morgan fingerprint density at radius 1 is 1.47 bits per heavy atom. The minimum atomic E-state index is -0.973. The van der Waals surface area contributed by atoms with Crippen LogP contribution >= 0.6 is 0 Å². The van der Waals surface area contributed by atoms with E-state index in [2.05, 4.69) is 5.32 Å². The van der Waals surface area contributed by atoms with Gasteiger partial charge in [0.15, 0.2) is 0 Å². The summed E-state index contributed by atoms with van der Waals surface area (Å²) in [6.45, 7) is 0. The molecule has 0 spiro atoms. The van der Waals surface area contributed by atoms with Gasteiger partial charge in [0.05, 0.1) is 12.5 Å². The van der Waals surface area contributed by atoms with Crippen molar-refractivity contribution in [3.8, 4) is 11.5 Å². The fourth-order valence-corrected chi connectivity index (χ4v) is 1.58. The smallest absolute Gasteiger partial charge is 0.290 e. The van der Waals surface area contributed by atoms with Crippen LogP contribution in [0, 0.1) is 0 Å². The second-order valence-electron chi connectivity index (χ2n) is 3.58. The van der Waals surface area contributed by atoms with Gasteiger partial charge < -0.3 is 14.3 Å². The van der Waals surface area contributed by atoms with Crippen molar-refractivity contribution in [2.24, 2.45) is 0 Å². The summed E-state index contributed by atoms with van der Waals surface area (Å²) < 4.78 is 10.1. The van der Waals surface area contributed by atoms with Gasteiger partial charge in [0.2, 0.25) is 23.3 Å². The summed E-state index contributed by atoms with van der Waals surface area (Å²) in [6, 6.07) is 3.90. The van der Waals surface area contributed by atoms with Crippen molar-refractivity contribution >= 4 is 29.0 Å². The fourth-order valence-electron chi connectivity index (χ4n) is 1.58. The number of nitrogens with one attached hydrogen (secondary N) is 1. The summed E-state index contributed by atoms with van der Waals surface area (Å²) in [5.41, 5.74) is -0.425. The number of phenols is 1. The number of fused-ring (bicyclic) bond motifs is 1. The molecule has 1 aromatic carbocycles. The van der Waals surface area contributed by atoms with Crippen LogP contribution in [0.4, 0.5) is 5.88 Å². The predicted octanol–water partition coefficient (Wildman–Crippen LogP) is 0.645. The fraction of sp³-hybridized carbons (Fsp3) is 0.0833. The molecule has 7 heteroatoms. The Kier molecular flexibility index (Phi) is 3.19. The van der Waals surface area contributed by atoms with Crippen LogP contribution in [0.3, 0.4) is 0 Å². The van der Waals surface area contributed by atoms with Crippen molar-refractivity contribution in [3.05, 3.63) is 28.4 Å². The predicted molar refractivity (Wildman–Crippen MR) is 65.4 cm³/mol. The van der Waals surface area contributed by atoms with Crippen molar-refractivity contribution in [1.29, 1.82) is 0 Å². The summed E-state index contributed by atoms with van der Waals surface area (Å²) >= 11 is 0. The zero-order valence-corrected chi connectivity index (χ0v) is 9.80. The summed E-state index contributed by atoms with van der Waals surface area (Å²) in [7, 11) is 1.22. The van der Waals surface area contributed by atoms with Crippen molar-refractivity contribution in [1.82, 2.24) is 0 Å². The van der Waals surface area contributed by atoms with Gasteiger partial charge in [-0.2, -0.15) is 0 Å². The molecule has 1 aromatic heterocycles. The van der Waals surface area contributed by atoms with Crippen molar-refractivity contribution in [2.45, 2.75) is 0 Å². The van der Waals surface area contributed by atoms with E-state index in [0.29, 0.717) is 0 Å². The number of rotatable bonds is 3. The normalized spacial score (nSPS) is 10.2. The molecule has 2 N–H and O–H groups in total. The highest BCUT2D eigenvalue weighted by molar-refractivity contribution is 6.29. The van der Waals surface area contributed by atoms with Crippen LogP contribution in [0.2, 0.25) is 0 Å². The Hall–Kier alpha value is -2.83. The molecule has 0 bridgehead atoms. The van der Waals surface area contributed by atoms with Crippen LogP contribution in [0.1, 0.15) is 0 Å². The zero-order chi connectivity index (χ0) is 14.0. The van der Waals surface area contributed by atoms with E-state index in [1.54, 1.807) is 0 Å². The van der Waals surface area contributed by atoms with Gasteiger partial charge in [-0.15, -0.1) is 0 Å². The molecule has 7 nitrogen and oxygen atoms in total. The number of carbonyl (C=O) groups is 2. The molecule has 2 rings (SSSR count). The summed E-state index contributed by atoms with van der Waals surface area (Å²) in [6.07, 6.45) is 0.0421. The summed E-state index contributed by atoms with van der Waals surface area (Å²) in [4.78, 5) is 33.4. The van der Waals surface area contributed by atoms with E-state index in [1.165, 1.54) is 25.3 Å². The lowest BCUT2D eigenvalue weighted by Gasteiger charge is -2.08. The Balaban J connectivity index is 2.71. The number of ether oxygens (including phenoxy) is 1. The Bertz CT molecular complexity index is 718. The molecule has 0 atom stereocenters. The molecule has 0 saturated carbocycles. The van der Waals surface area contributed by atoms with Crippen molar-refractivity contribution < 1.29 is 23.8 Å². The number of methoxy groups -OCH3 is 1. The van der Waals surface area contributed by atoms with Crippen molar-refractivity contribution in [3.63, 3.8) is 0 Å². The maximum absolute atomic E-state index is 12.1. The molecule has 0 aliphatic rings. The van der Waals surface area contributed by atoms with Crippen LogP contribution in [-0.4, -0.2) is 24.4 Å². The minimum Gasteiger partial charge on any atom is -0.508 e. The number of aldehydes is 1. The zero-order valence-electron chi connectivity index (χ0n) is 9.80. The number of amides is 1. The average Bonchev–Trinajstić information content (AvgIpc) is 2.40. The molecular formula is C12H9NO6. The molecule has 0 aliphatic heterocycles. The first kappa shape index (κ1) is 12.6. The largest absolute Gasteiger partial charge is 0.508 e. The molecule has 19 heavy (non-hydrogen) atoms. The third kappa shape index (κ3) is 2.25. The topological polar surface area (TPSA) is 106 Å². The molecule has 0 radical (unpaired) electrons. The van der Waals surface area contributed by atoms with Crippen LogP contribution in [0.25, 0.3) is 11.0 Å². The SMILES string of the molecule is COc1c(NC(=O)C=O)oc2ccc(O)cc2c1=O. The van der Waals surface area contributed by atoms with Crippen molar-refractivity contribution in [2.75, 3.05) is 12.4 Å². The summed E-state index contributed by atoms with van der Waals surface area (Å²) in [5, 5.41) is 11.5. The first-order valence-electron chi connectivity index (χ1n) is 5.16. The van der Waals surface area contributed by atoms with Gasteiger partial charge in [-0.3, -0.25) is 19.7 Å². The molecule has 1 heterocycles. The van der Waals surface area contributed by atoms with Crippen LogP contribution in [0.5, 0.6) is 11.5 Å². The highest BCUT2D eigenvalue weighted by Crippen LogP contribution is 2.27. The second kappa shape index (κ2) is 4.81. The number of hydrogen-bond acceptors (Lipinski definition) is 6. The number of hydrogen-bond donors (Lipinski definition) is 2. The quantitative estimate of drug-likeness (QED) is 0.622. The molecule has 0 fully saturated rings. The second-order valence-corrected chi connectivity index (χ2v) is 3.58. The van der Waals surface area contributed by atoms with E-state index in [-0.39, 0.29) is 34.6 Å². The number of anilines is 1. The minimum absolute atomic E-state index is 0.0421. The van der Waals surface area contributed by atoms with Crippen LogP contribution < -0.4 is 15.5 Å². The highest BCUT2D eigenvalue weighted by Gasteiger charge is 2.17. The first-order chi connectivity index (χ1) is 9.06.